The molecule has 1 aromatic heterocycles. The van der Waals surface area contributed by atoms with Crippen LogP contribution in [0.1, 0.15) is 27.3 Å². The van der Waals surface area contributed by atoms with E-state index in [2.05, 4.69) is 10.5 Å². The van der Waals surface area contributed by atoms with Crippen LogP contribution in [0.25, 0.3) is 5.69 Å². The van der Waals surface area contributed by atoms with Gasteiger partial charge in [-0.1, -0.05) is 18.2 Å². The summed E-state index contributed by atoms with van der Waals surface area (Å²) in [6, 6.07) is 15.0. The molecule has 8 heteroatoms. The second-order valence-electron chi connectivity index (χ2n) is 6.16. The number of para-hydroxylation sites is 1. The number of nitrogens with one attached hydrogen (secondary N) is 1. The monoisotopic (exact) mass is 378 g/mol. The van der Waals surface area contributed by atoms with Gasteiger partial charge in [0, 0.05) is 34.8 Å². The topological polar surface area (TPSA) is 110 Å². The SMILES string of the molecule is Cc1cc(C(=O)N/N=C/c2cc([N+](=O)[O-])ccc2O)c(C)n1-c1ccccc1. The fraction of sp³-hybridized carbons (Fsp3) is 0.100. The van der Waals surface area contributed by atoms with Gasteiger partial charge in [-0.05, 0) is 38.1 Å². The zero-order valence-corrected chi connectivity index (χ0v) is 15.3. The molecule has 0 bridgehead atoms. The largest absolute Gasteiger partial charge is 0.507 e. The number of hydrazone groups is 1. The predicted molar refractivity (Wildman–Crippen MR) is 105 cm³/mol. The minimum absolute atomic E-state index is 0.129. The third-order valence-corrected chi connectivity index (χ3v) is 4.28. The number of phenols is 1. The Balaban J connectivity index is 1.80. The number of hydrogen-bond donors (Lipinski definition) is 2. The molecule has 2 N–H and O–H groups in total. The van der Waals surface area contributed by atoms with Gasteiger partial charge in [-0.15, -0.1) is 0 Å². The lowest BCUT2D eigenvalue weighted by Gasteiger charge is -2.09. The Morgan fingerprint density at radius 3 is 2.57 bits per heavy atom. The summed E-state index contributed by atoms with van der Waals surface area (Å²) < 4.78 is 1.96. The molecule has 0 atom stereocenters. The van der Waals surface area contributed by atoms with E-state index in [9.17, 15) is 20.0 Å². The molecule has 0 spiro atoms. The maximum atomic E-state index is 12.5. The number of carbonyl (C=O) groups excluding carboxylic acids is 1. The molecular weight excluding hydrogens is 360 g/mol. The molecule has 0 aliphatic carbocycles. The Labute approximate surface area is 160 Å². The van der Waals surface area contributed by atoms with Gasteiger partial charge in [0.1, 0.15) is 5.75 Å². The van der Waals surface area contributed by atoms with E-state index in [0.717, 1.165) is 23.3 Å². The quantitative estimate of drug-likeness (QED) is 0.402. The minimum Gasteiger partial charge on any atom is -0.507 e. The van der Waals surface area contributed by atoms with Crippen molar-refractivity contribution >= 4 is 17.8 Å². The van der Waals surface area contributed by atoms with Crippen molar-refractivity contribution in [1.82, 2.24) is 9.99 Å². The summed E-state index contributed by atoms with van der Waals surface area (Å²) in [5.74, 6) is -0.595. The molecule has 142 valence electrons. The molecule has 0 saturated heterocycles. The number of amides is 1. The van der Waals surface area contributed by atoms with Crippen molar-refractivity contribution in [2.24, 2.45) is 5.10 Å². The first kappa shape index (κ1) is 18.8. The van der Waals surface area contributed by atoms with Crippen LogP contribution in [-0.2, 0) is 0 Å². The summed E-state index contributed by atoms with van der Waals surface area (Å²) in [7, 11) is 0. The van der Waals surface area contributed by atoms with Gasteiger partial charge in [0.2, 0.25) is 0 Å². The van der Waals surface area contributed by atoms with Crippen LogP contribution >= 0.6 is 0 Å². The summed E-state index contributed by atoms with van der Waals surface area (Å²) >= 11 is 0. The van der Waals surface area contributed by atoms with E-state index in [1.54, 1.807) is 6.07 Å². The van der Waals surface area contributed by atoms with E-state index in [1.807, 2.05) is 48.7 Å². The number of aromatic hydroxyl groups is 1. The molecule has 0 fully saturated rings. The summed E-state index contributed by atoms with van der Waals surface area (Å²) in [5, 5.41) is 24.4. The van der Waals surface area contributed by atoms with Crippen LogP contribution in [0.3, 0.4) is 0 Å². The van der Waals surface area contributed by atoms with E-state index in [1.165, 1.54) is 18.2 Å². The van der Waals surface area contributed by atoms with Crippen molar-refractivity contribution in [3.8, 4) is 11.4 Å². The number of nitro groups is 1. The molecular formula is C20H18N4O4. The Kier molecular flexibility index (Phi) is 5.21. The third-order valence-electron chi connectivity index (χ3n) is 4.28. The molecule has 0 saturated carbocycles. The van der Waals surface area contributed by atoms with Crippen LogP contribution < -0.4 is 5.43 Å². The van der Waals surface area contributed by atoms with E-state index in [-0.39, 0.29) is 17.0 Å². The molecule has 0 aliphatic rings. The smallest absolute Gasteiger partial charge is 0.273 e. The van der Waals surface area contributed by atoms with E-state index in [0.29, 0.717) is 5.56 Å². The molecule has 3 aromatic rings. The van der Waals surface area contributed by atoms with Gasteiger partial charge in [-0.2, -0.15) is 5.10 Å². The van der Waals surface area contributed by atoms with Crippen LogP contribution in [0.4, 0.5) is 5.69 Å². The second-order valence-corrected chi connectivity index (χ2v) is 6.16. The summed E-state index contributed by atoms with van der Waals surface area (Å²) in [6.45, 7) is 3.74. The number of rotatable bonds is 5. The van der Waals surface area contributed by atoms with Crippen molar-refractivity contribution in [1.29, 1.82) is 0 Å². The average molecular weight is 378 g/mol. The number of nitrogens with zero attached hydrogens (tertiary/aromatic N) is 3. The number of aryl methyl sites for hydroxylation is 1. The van der Waals surface area contributed by atoms with Crippen LogP contribution in [0, 0.1) is 24.0 Å². The van der Waals surface area contributed by atoms with Crippen molar-refractivity contribution in [2.45, 2.75) is 13.8 Å². The van der Waals surface area contributed by atoms with Crippen LogP contribution in [0.15, 0.2) is 59.7 Å². The first-order valence-electron chi connectivity index (χ1n) is 8.43. The first-order valence-corrected chi connectivity index (χ1v) is 8.43. The van der Waals surface area contributed by atoms with Crippen molar-refractivity contribution in [3.63, 3.8) is 0 Å². The molecule has 0 unspecified atom stereocenters. The number of non-ortho nitro benzene ring substituents is 1. The molecule has 1 heterocycles. The van der Waals surface area contributed by atoms with Crippen molar-refractivity contribution in [3.05, 3.63) is 87.2 Å². The number of nitro benzene ring substituents is 1. The summed E-state index contributed by atoms with van der Waals surface area (Å²) in [4.78, 5) is 22.8. The lowest BCUT2D eigenvalue weighted by molar-refractivity contribution is -0.384. The van der Waals surface area contributed by atoms with E-state index >= 15 is 0 Å². The highest BCUT2D eigenvalue weighted by molar-refractivity contribution is 5.96. The molecule has 8 nitrogen and oxygen atoms in total. The highest BCUT2D eigenvalue weighted by Crippen LogP contribution is 2.22. The number of hydrogen-bond acceptors (Lipinski definition) is 5. The van der Waals surface area contributed by atoms with Gasteiger partial charge < -0.3 is 9.67 Å². The third kappa shape index (κ3) is 3.75. The number of benzene rings is 2. The van der Waals surface area contributed by atoms with Crippen LogP contribution in [-0.4, -0.2) is 26.7 Å². The highest BCUT2D eigenvalue weighted by Gasteiger charge is 2.16. The standard InChI is InChI=1S/C20H18N4O4/c1-13-10-18(14(2)23(13)16-6-4-3-5-7-16)20(26)22-21-12-15-11-17(24(27)28)8-9-19(15)25/h3-12,25H,1-2H3,(H,22,26)/b21-12+. The maximum absolute atomic E-state index is 12.5. The van der Waals surface area contributed by atoms with E-state index < -0.39 is 10.8 Å². The Morgan fingerprint density at radius 2 is 1.89 bits per heavy atom. The number of carbonyl (C=O) groups is 1. The Bertz CT molecular complexity index is 1070. The second kappa shape index (κ2) is 7.75. The fourth-order valence-electron chi connectivity index (χ4n) is 2.95. The number of phenolic OH excluding ortho intramolecular Hbond substituents is 1. The lowest BCUT2D eigenvalue weighted by Crippen LogP contribution is -2.18. The minimum atomic E-state index is -0.576. The van der Waals surface area contributed by atoms with Gasteiger partial charge in [0.15, 0.2) is 0 Å². The zero-order chi connectivity index (χ0) is 20.3. The normalized spacial score (nSPS) is 10.9. The van der Waals surface area contributed by atoms with Gasteiger partial charge in [0.25, 0.3) is 11.6 Å². The molecule has 1 amide bonds. The van der Waals surface area contributed by atoms with Gasteiger partial charge in [-0.25, -0.2) is 5.43 Å². The predicted octanol–water partition coefficient (Wildman–Crippen LogP) is 3.47. The van der Waals surface area contributed by atoms with Gasteiger partial charge >= 0.3 is 0 Å². The van der Waals surface area contributed by atoms with Crippen molar-refractivity contribution in [2.75, 3.05) is 0 Å². The van der Waals surface area contributed by atoms with Crippen LogP contribution in [0.5, 0.6) is 5.75 Å². The van der Waals surface area contributed by atoms with Crippen LogP contribution in [0.2, 0.25) is 0 Å². The highest BCUT2D eigenvalue weighted by atomic mass is 16.6. The summed E-state index contributed by atoms with van der Waals surface area (Å²) in [6.07, 6.45) is 1.16. The van der Waals surface area contributed by atoms with Gasteiger partial charge in [-0.3, -0.25) is 14.9 Å². The molecule has 0 aliphatic heterocycles. The zero-order valence-electron chi connectivity index (χ0n) is 15.3. The Hall–Kier alpha value is -3.94. The Morgan fingerprint density at radius 1 is 1.18 bits per heavy atom. The van der Waals surface area contributed by atoms with Gasteiger partial charge in [0.05, 0.1) is 16.7 Å². The first-order chi connectivity index (χ1) is 13.4. The van der Waals surface area contributed by atoms with Crippen molar-refractivity contribution < 1.29 is 14.8 Å². The maximum Gasteiger partial charge on any atom is 0.273 e. The molecule has 2 aromatic carbocycles. The molecule has 28 heavy (non-hydrogen) atoms. The molecule has 3 rings (SSSR count). The fourth-order valence-corrected chi connectivity index (χ4v) is 2.95. The lowest BCUT2D eigenvalue weighted by atomic mass is 10.2. The average Bonchev–Trinajstić information content (AvgIpc) is 2.98. The van der Waals surface area contributed by atoms with E-state index in [4.69, 9.17) is 0 Å². The number of aromatic nitrogens is 1. The molecule has 0 radical (unpaired) electrons. The summed E-state index contributed by atoms with van der Waals surface area (Å²) in [5.41, 5.74) is 5.40.